The van der Waals surface area contributed by atoms with E-state index in [4.69, 9.17) is 11.6 Å². The number of benzene rings is 2. The Hall–Kier alpha value is -3.34. The van der Waals surface area contributed by atoms with E-state index in [1.165, 1.54) is 38.6 Å². The molecule has 1 aliphatic heterocycles. The third-order valence-electron chi connectivity index (χ3n) is 5.31. The molecule has 4 aromatic rings. The Morgan fingerprint density at radius 2 is 1.72 bits per heavy atom. The van der Waals surface area contributed by atoms with Gasteiger partial charge in [0.1, 0.15) is 5.15 Å². The highest BCUT2D eigenvalue weighted by Crippen LogP contribution is 2.25. The molecule has 1 aliphatic rings. The van der Waals surface area contributed by atoms with Crippen molar-refractivity contribution in [3.8, 4) is 0 Å². The summed E-state index contributed by atoms with van der Waals surface area (Å²) in [5, 5.41) is 14.7. The molecule has 0 fully saturated rings. The molecule has 1 N–H and O–H groups in total. The van der Waals surface area contributed by atoms with Gasteiger partial charge in [0.2, 0.25) is 10.0 Å². The number of rotatable bonds is 4. The van der Waals surface area contributed by atoms with Crippen LogP contribution in [0.4, 0.5) is 5.95 Å². The van der Waals surface area contributed by atoms with Gasteiger partial charge < -0.3 is 0 Å². The van der Waals surface area contributed by atoms with Crippen molar-refractivity contribution in [3.63, 3.8) is 0 Å². The zero-order valence-electron chi connectivity index (χ0n) is 16.6. The minimum atomic E-state index is -3.68. The molecule has 0 aliphatic carbocycles. The number of carbonyl (C=O) groups excluding carboxylic acids is 1. The minimum absolute atomic E-state index is 0.108. The average Bonchev–Trinajstić information content (AvgIpc) is 3.20. The van der Waals surface area contributed by atoms with Gasteiger partial charge >= 0.3 is 0 Å². The number of halogens is 1. The monoisotopic (exact) mass is 468 g/mol. The lowest BCUT2D eigenvalue weighted by atomic mass is 10.0. The Bertz CT molecular complexity index is 1440. The fourth-order valence-electron chi connectivity index (χ4n) is 3.62. The van der Waals surface area contributed by atoms with Gasteiger partial charge in [0.15, 0.2) is 5.65 Å². The maximum Gasteiger partial charge on any atom is 0.258 e. The van der Waals surface area contributed by atoms with Gasteiger partial charge in [0.25, 0.3) is 11.9 Å². The number of amides is 1. The van der Waals surface area contributed by atoms with Crippen molar-refractivity contribution in [2.24, 2.45) is 0 Å². The van der Waals surface area contributed by atoms with Gasteiger partial charge in [-0.25, -0.2) is 8.42 Å². The van der Waals surface area contributed by atoms with Crippen LogP contribution < -0.4 is 5.32 Å². The Labute approximate surface area is 188 Å². The number of hydrogen-bond donors (Lipinski definition) is 1. The molecule has 5 rings (SSSR count). The lowest BCUT2D eigenvalue weighted by molar-refractivity contribution is 0.102. The van der Waals surface area contributed by atoms with E-state index in [1.54, 1.807) is 12.1 Å². The summed E-state index contributed by atoms with van der Waals surface area (Å²) in [5.74, 6) is -0.367. The van der Waals surface area contributed by atoms with Crippen molar-refractivity contribution < 1.29 is 13.2 Å². The summed E-state index contributed by atoms with van der Waals surface area (Å²) < 4.78 is 29.0. The molecule has 0 radical (unpaired) electrons. The standard InChI is InChI=1S/C21H17ClN6O3S/c22-18-9-10-19-24-25-21(28(19)26-18)23-20(29)15-5-7-17(8-6-15)32(30,31)27-12-11-14-3-1-2-4-16(14)13-27/h1-10H,11-13H2,(H,23,25,29). The fourth-order valence-corrected chi connectivity index (χ4v) is 5.18. The molecule has 0 bridgehead atoms. The normalized spacial score (nSPS) is 14.3. The van der Waals surface area contributed by atoms with E-state index in [0.717, 1.165) is 5.56 Å². The Morgan fingerprint density at radius 1 is 0.969 bits per heavy atom. The molecule has 0 spiro atoms. The van der Waals surface area contributed by atoms with Crippen LogP contribution in [0.5, 0.6) is 0 Å². The maximum absolute atomic E-state index is 13.1. The van der Waals surface area contributed by atoms with Crippen LogP contribution in [0.1, 0.15) is 21.5 Å². The SMILES string of the molecule is O=C(Nc1nnc2ccc(Cl)nn12)c1ccc(S(=O)(=O)N2CCc3ccccc3C2)cc1. The summed E-state index contributed by atoms with van der Waals surface area (Å²) in [5.41, 5.74) is 2.87. The second kappa shape index (κ2) is 7.97. The van der Waals surface area contributed by atoms with Crippen LogP contribution in [0.3, 0.4) is 0 Å². The van der Waals surface area contributed by atoms with Gasteiger partial charge in [-0.15, -0.1) is 10.2 Å². The highest BCUT2D eigenvalue weighted by molar-refractivity contribution is 7.89. The first-order chi connectivity index (χ1) is 15.4. The summed E-state index contributed by atoms with van der Waals surface area (Å²) in [6.45, 7) is 0.743. The third-order valence-corrected chi connectivity index (χ3v) is 7.37. The van der Waals surface area contributed by atoms with Gasteiger partial charge in [-0.3, -0.25) is 10.1 Å². The number of aromatic nitrogens is 4. The number of sulfonamides is 1. The van der Waals surface area contributed by atoms with Crippen LogP contribution in [0.2, 0.25) is 5.15 Å². The molecule has 11 heteroatoms. The Balaban J connectivity index is 1.34. The molecule has 0 atom stereocenters. The van der Waals surface area contributed by atoms with Crippen molar-refractivity contribution in [2.45, 2.75) is 17.9 Å². The molecule has 9 nitrogen and oxygen atoms in total. The van der Waals surface area contributed by atoms with Crippen LogP contribution in [-0.2, 0) is 23.0 Å². The van der Waals surface area contributed by atoms with Crippen molar-refractivity contribution in [1.82, 2.24) is 24.1 Å². The molecule has 162 valence electrons. The van der Waals surface area contributed by atoms with Crippen LogP contribution in [-0.4, -0.2) is 45.0 Å². The second-order valence-electron chi connectivity index (χ2n) is 7.29. The lowest BCUT2D eigenvalue weighted by Gasteiger charge is -2.28. The van der Waals surface area contributed by atoms with Gasteiger partial charge in [-0.2, -0.15) is 13.9 Å². The van der Waals surface area contributed by atoms with E-state index in [1.807, 2.05) is 24.3 Å². The van der Waals surface area contributed by atoms with Crippen LogP contribution >= 0.6 is 11.6 Å². The van der Waals surface area contributed by atoms with Crippen molar-refractivity contribution in [2.75, 3.05) is 11.9 Å². The van der Waals surface area contributed by atoms with Gasteiger partial charge in [0.05, 0.1) is 4.90 Å². The summed E-state index contributed by atoms with van der Waals surface area (Å²) in [4.78, 5) is 12.8. The molecule has 0 saturated carbocycles. The third kappa shape index (κ3) is 3.72. The maximum atomic E-state index is 13.1. The molecule has 2 aromatic carbocycles. The summed E-state index contributed by atoms with van der Waals surface area (Å²) in [6.07, 6.45) is 0.667. The predicted molar refractivity (Wildman–Crippen MR) is 118 cm³/mol. The lowest BCUT2D eigenvalue weighted by Crippen LogP contribution is -2.35. The fraction of sp³-hybridized carbons (Fsp3) is 0.143. The summed E-state index contributed by atoms with van der Waals surface area (Å²) >= 11 is 5.89. The van der Waals surface area contributed by atoms with Crippen molar-refractivity contribution in [1.29, 1.82) is 0 Å². The molecule has 32 heavy (non-hydrogen) atoms. The largest absolute Gasteiger partial charge is 0.289 e. The van der Waals surface area contributed by atoms with Gasteiger partial charge in [-0.05, 0) is 53.9 Å². The highest BCUT2D eigenvalue weighted by Gasteiger charge is 2.28. The minimum Gasteiger partial charge on any atom is -0.289 e. The quantitative estimate of drug-likeness (QED) is 0.493. The molecule has 1 amide bonds. The topological polar surface area (TPSA) is 110 Å². The average molecular weight is 469 g/mol. The first-order valence-electron chi connectivity index (χ1n) is 9.78. The van der Waals surface area contributed by atoms with Crippen LogP contribution in [0.25, 0.3) is 5.65 Å². The van der Waals surface area contributed by atoms with Crippen LogP contribution in [0.15, 0.2) is 65.6 Å². The van der Waals surface area contributed by atoms with E-state index >= 15 is 0 Å². The summed E-state index contributed by atoms with van der Waals surface area (Å²) in [7, 11) is -3.68. The highest BCUT2D eigenvalue weighted by atomic mass is 35.5. The van der Waals surface area contributed by atoms with Gasteiger partial charge in [0, 0.05) is 18.7 Å². The zero-order valence-corrected chi connectivity index (χ0v) is 18.2. The van der Waals surface area contributed by atoms with Gasteiger partial charge in [-0.1, -0.05) is 35.9 Å². The van der Waals surface area contributed by atoms with E-state index in [0.29, 0.717) is 25.2 Å². The first kappa shape index (κ1) is 20.6. The number of anilines is 1. The van der Waals surface area contributed by atoms with E-state index in [2.05, 4.69) is 20.6 Å². The smallest absolute Gasteiger partial charge is 0.258 e. The molecule has 0 unspecified atom stereocenters. The van der Waals surface area contributed by atoms with E-state index in [-0.39, 0.29) is 21.6 Å². The van der Waals surface area contributed by atoms with E-state index < -0.39 is 15.9 Å². The number of fused-ring (bicyclic) bond motifs is 2. The number of nitrogens with zero attached hydrogens (tertiary/aromatic N) is 5. The molecular weight excluding hydrogens is 452 g/mol. The number of hydrogen-bond acceptors (Lipinski definition) is 6. The molecular formula is C21H17ClN6O3S. The Morgan fingerprint density at radius 3 is 2.50 bits per heavy atom. The molecule has 3 heterocycles. The van der Waals surface area contributed by atoms with E-state index in [9.17, 15) is 13.2 Å². The number of nitrogens with one attached hydrogen (secondary N) is 1. The zero-order chi connectivity index (χ0) is 22.3. The first-order valence-corrected chi connectivity index (χ1v) is 11.6. The summed E-state index contributed by atoms with van der Waals surface area (Å²) in [6, 6.07) is 16.8. The predicted octanol–water partition coefficient (Wildman–Crippen LogP) is 2.78. The van der Waals surface area contributed by atoms with Crippen molar-refractivity contribution >= 4 is 39.1 Å². The Kier molecular flexibility index (Phi) is 5.12. The second-order valence-corrected chi connectivity index (χ2v) is 9.61. The van der Waals surface area contributed by atoms with Crippen molar-refractivity contribution in [3.05, 3.63) is 82.5 Å². The molecule has 2 aromatic heterocycles. The number of carbonyl (C=O) groups is 1. The molecule has 0 saturated heterocycles. The van der Waals surface area contributed by atoms with Crippen LogP contribution in [0, 0.1) is 0 Å².